The SMILES string of the molecule is COc1cc(N2CC(Br)CC2=O)ccc1F. The molecule has 0 bridgehead atoms. The molecule has 1 aliphatic heterocycles. The Balaban J connectivity index is 2.30. The highest BCUT2D eigenvalue weighted by Gasteiger charge is 2.29. The van der Waals surface area contributed by atoms with Crippen molar-refractivity contribution in [2.45, 2.75) is 11.2 Å². The van der Waals surface area contributed by atoms with Crippen LogP contribution >= 0.6 is 15.9 Å². The lowest BCUT2D eigenvalue weighted by Gasteiger charge is -2.16. The largest absolute Gasteiger partial charge is 0.494 e. The smallest absolute Gasteiger partial charge is 0.228 e. The Labute approximate surface area is 101 Å². The highest BCUT2D eigenvalue weighted by molar-refractivity contribution is 9.09. The first-order valence-corrected chi connectivity index (χ1v) is 5.81. The van der Waals surface area contributed by atoms with Gasteiger partial charge in [0.25, 0.3) is 0 Å². The van der Waals surface area contributed by atoms with Crippen LogP contribution in [0, 0.1) is 5.82 Å². The molecule has 5 heteroatoms. The summed E-state index contributed by atoms with van der Waals surface area (Å²) in [4.78, 5) is 13.4. The van der Waals surface area contributed by atoms with Gasteiger partial charge in [-0.3, -0.25) is 4.79 Å². The van der Waals surface area contributed by atoms with Crippen LogP contribution in [0.25, 0.3) is 0 Å². The molecule has 2 rings (SSSR count). The minimum atomic E-state index is -0.423. The van der Waals surface area contributed by atoms with E-state index in [0.29, 0.717) is 18.7 Å². The number of hydrogen-bond acceptors (Lipinski definition) is 2. The van der Waals surface area contributed by atoms with Gasteiger partial charge in [-0.1, -0.05) is 15.9 Å². The molecule has 3 nitrogen and oxygen atoms in total. The van der Waals surface area contributed by atoms with Gasteiger partial charge in [0.2, 0.25) is 5.91 Å². The fraction of sp³-hybridized carbons (Fsp3) is 0.364. The number of carbonyl (C=O) groups is 1. The molecule has 0 spiro atoms. The number of alkyl halides is 1. The molecule has 0 aliphatic carbocycles. The molecule has 1 heterocycles. The van der Waals surface area contributed by atoms with Gasteiger partial charge in [-0.05, 0) is 12.1 Å². The fourth-order valence-corrected chi connectivity index (χ4v) is 2.30. The van der Waals surface area contributed by atoms with Crippen LogP contribution in [0.3, 0.4) is 0 Å². The molecule has 1 unspecified atom stereocenters. The van der Waals surface area contributed by atoms with Crippen molar-refractivity contribution < 1.29 is 13.9 Å². The fourth-order valence-electron chi connectivity index (χ4n) is 1.73. The van der Waals surface area contributed by atoms with Gasteiger partial charge in [-0.2, -0.15) is 0 Å². The second kappa shape index (κ2) is 4.41. The molecule has 16 heavy (non-hydrogen) atoms. The number of methoxy groups -OCH3 is 1. The van der Waals surface area contributed by atoms with Crippen molar-refractivity contribution in [2.75, 3.05) is 18.6 Å². The van der Waals surface area contributed by atoms with Crippen molar-refractivity contribution in [3.8, 4) is 5.75 Å². The summed E-state index contributed by atoms with van der Waals surface area (Å²) < 4.78 is 18.1. The first-order chi connectivity index (χ1) is 7.61. The van der Waals surface area contributed by atoms with Gasteiger partial charge >= 0.3 is 0 Å². The van der Waals surface area contributed by atoms with E-state index in [2.05, 4.69) is 15.9 Å². The van der Waals surface area contributed by atoms with Crippen molar-refractivity contribution in [3.05, 3.63) is 24.0 Å². The van der Waals surface area contributed by atoms with Gasteiger partial charge in [-0.25, -0.2) is 4.39 Å². The van der Waals surface area contributed by atoms with Gasteiger partial charge in [0.15, 0.2) is 11.6 Å². The van der Waals surface area contributed by atoms with Crippen LogP contribution in [0.5, 0.6) is 5.75 Å². The van der Waals surface area contributed by atoms with Crippen molar-refractivity contribution >= 4 is 27.5 Å². The number of rotatable bonds is 2. The van der Waals surface area contributed by atoms with Crippen LogP contribution in [-0.2, 0) is 4.79 Å². The van der Waals surface area contributed by atoms with Crippen LogP contribution in [0.4, 0.5) is 10.1 Å². The Hall–Kier alpha value is -1.10. The normalized spacial score (nSPS) is 20.3. The van der Waals surface area contributed by atoms with E-state index >= 15 is 0 Å². The van der Waals surface area contributed by atoms with E-state index in [4.69, 9.17) is 4.74 Å². The number of ether oxygens (including phenoxy) is 1. The molecule has 1 atom stereocenters. The van der Waals surface area contributed by atoms with E-state index in [9.17, 15) is 9.18 Å². The number of amides is 1. The van der Waals surface area contributed by atoms with E-state index in [-0.39, 0.29) is 16.5 Å². The zero-order chi connectivity index (χ0) is 11.7. The van der Waals surface area contributed by atoms with Crippen LogP contribution in [0.15, 0.2) is 18.2 Å². The maximum absolute atomic E-state index is 13.2. The molecule has 1 aromatic carbocycles. The molecule has 0 radical (unpaired) electrons. The minimum Gasteiger partial charge on any atom is -0.494 e. The quantitative estimate of drug-likeness (QED) is 0.782. The van der Waals surface area contributed by atoms with E-state index in [1.54, 1.807) is 11.0 Å². The molecule has 1 amide bonds. The number of benzene rings is 1. The Morgan fingerprint density at radius 2 is 2.31 bits per heavy atom. The zero-order valence-corrected chi connectivity index (χ0v) is 10.3. The molecule has 0 saturated carbocycles. The first kappa shape index (κ1) is 11.4. The van der Waals surface area contributed by atoms with Gasteiger partial charge in [0.05, 0.1) is 7.11 Å². The Kier molecular flexibility index (Phi) is 3.14. The summed E-state index contributed by atoms with van der Waals surface area (Å²) in [5.74, 6) is -0.229. The topological polar surface area (TPSA) is 29.5 Å². The van der Waals surface area contributed by atoms with Crippen LogP contribution in [0.1, 0.15) is 6.42 Å². The third-order valence-electron chi connectivity index (χ3n) is 2.52. The van der Waals surface area contributed by atoms with Crippen LogP contribution < -0.4 is 9.64 Å². The lowest BCUT2D eigenvalue weighted by molar-refractivity contribution is -0.117. The second-order valence-corrected chi connectivity index (χ2v) is 4.92. The number of carbonyl (C=O) groups excluding carboxylic acids is 1. The summed E-state index contributed by atoms with van der Waals surface area (Å²) in [5, 5.41) is 0. The van der Waals surface area contributed by atoms with Crippen molar-refractivity contribution in [2.24, 2.45) is 0 Å². The average molecular weight is 288 g/mol. The summed E-state index contributed by atoms with van der Waals surface area (Å²) in [5.41, 5.74) is 0.671. The first-order valence-electron chi connectivity index (χ1n) is 4.90. The Bertz CT molecular complexity index is 424. The maximum atomic E-state index is 13.2. The standard InChI is InChI=1S/C11H11BrFNO2/c1-16-10-5-8(2-3-9(10)13)14-6-7(12)4-11(14)15/h2-3,5,7H,4,6H2,1H3. The molecular formula is C11H11BrFNO2. The van der Waals surface area contributed by atoms with E-state index in [1.165, 1.54) is 19.2 Å². The predicted molar refractivity (Wildman–Crippen MR) is 62.6 cm³/mol. The van der Waals surface area contributed by atoms with E-state index < -0.39 is 5.82 Å². The van der Waals surface area contributed by atoms with Crippen LogP contribution in [0.2, 0.25) is 0 Å². The lowest BCUT2D eigenvalue weighted by atomic mass is 10.2. The molecular weight excluding hydrogens is 277 g/mol. The summed E-state index contributed by atoms with van der Waals surface area (Å²) in [6.07, 6.45) is 0.472. The average Bonchev–Trinajstić information content (AvgIpc) is 2.59. The monoisotopic (exact) mass is 287 g/mol. The number of hydrogen-bond donors (Lipinski definition) is 0. The number of anilines is 1. The third-order valence-corrected chi connectivity index (χ3v) is 3.14. The molecule has 0 N–H and O–H groups in total. The third kappa shape index (κ3) is 2.04. The molecule has 1 saturated heterocycles. The molecule has 1 aromatic rings. The van der Waals surface area contributed by atoms with Gasteiger partial charge < -0.3 is 9.64 Å². The Morgan fingerprint density at radius 1 is 1.56 bits per heavy atom. The van der Waals surface area contributed by atoms with Crippen molar-refractivity contribution in [1.29, 1.82) is 0 Å². The number of halogens is 2. The second-order valence-electron chi connectivity index (χ2n) is 3.62. The predicted octanol–water partition coefficient (Wildman–Crippen LogP) is 2.33. The zero-order valence-electron chi connectivity index (χ0n) is 8.74. The van der Waals surface area contributed by atoms with E-state index in [0.717, 1.165) is 0 Å². The Morgan fingerprint density at radius 3 is 2.88 bits per heavy atom. The van der Waals surface area contributed by atoms with Crippen molar-refractivity contribution in [1.82, 2.24) is 0 Å². The number of nitrogens with zero attached hydrogens (tertiary/aromatic N) is 1. The minimum absolute atomic E-state index is 0.0375. The molecule has 1 aliphatic rings. The highest BCUT2D eigenvalue weighted by atomic mass is 79.9. The summed E-state index contributed by atoms with van der Waals surface area (Å²) in [6.45, 7) is 0.605. The molecule has 0 aromatic heterocycles. The molecule has 86 valence electrons. The lowest BCUT2D eigenvalue weighted by Crippen LogP contribution is -2.24. The highest BCUT2D eigenvalue weighted by Crippen LogP contribution is 2.29. The summed E-state index contributed by atoms with van der Waals surface area (Å²) in [7, 11) is 1.40. The van der Waals surface area contributed by atoms with E-state index in [1.807, 2.05) is 0 Å². The molecule has 1 fully saturated rings. The van der Waals surface area contributed by atoms with Gasteiger partial charge in [0, 0.05) is 29.5 Å². The maximum Gasteiger partial charge on any atom is 0.228 e. The van der Waals surface area contributed by atoms with Crippen molar-refractivity contribution in [3.63, 3.8) is 0 Å². The summed E-state index contributed by atoms with van der Waals surface area (Å²) in [6, 6.07) is 4.43. The van der Waals surface area contributed by atoms with Gasteiger partial charge in [0.1, 0.15) is 0 Å². The van der Waals surface area contributed by atoms with Crippen LogP contribution in [-0.4, -0.2) is 24.4 Å². The summed E-state index contributed by atoms with van der Waals surface area (Å²) >= 11 is 3.40. The van der Waals surface area contributed by atoms with Gasteiger partial charge in [-0.15, -0.1) is 0 Å².